The number of nitrogens with two attached hydrogens (primary N) is 1. The molecule has 2 rings (SSSR count). The Kier molecular flexibility index (Phi) is 16.3. The van der Waals surface area contributed by atoms with E-state index in [1.54, 1.807) is 31.2 Å². The van der Waals surface area contributed by atoms with Crippen molar-refractivity contribution >= 4 is 48.3 Å². The number of hydrogen-bond donors (Lipinski definition) is 3. The van der Waals surface area contributed by atoms with Crippen LogP contribution < -0.4 is 20.7 Å². The Morgan fingerprint density at radius 2 is 1.82 bits per heavy atom. The van der Waals surface area contributed by atoms with Gasteiger partial charge in [0.05, 0.1) is 12.3 Å². The number of anilines is 1. The van der Waals surface area contributed by atoms with E-state index in [0.717, 1.165) is 38.5 Å². The van der Waals surface area contributed by atoms with E-state index in [1.165, 1.54) is 4.90 Å². The van der Waals surface area contributed by atoms with E-state index in [0.29, 0.717) is 24.4 Å². The molecule has 2 atom stereocenters. The molecule has 194 valence electrons. The van der Waals surface area contributed by atoms with Crippen LogP contribution in [0, 0.1) is 0 Å². The molecule has 1 aromatic carbocycles. The Bertz CT molecular complexity index is 768. The van der Waals surface area contributed by atoms with Gasteiger partial charge >= 0.3 is 11.9 Å². The summed E-state index contributed by atoms with van der Waals surface area (Å²) in [5, 5.41) is 12.4. The number of fused-ring (bicyclic) bond motifs is 1. The highest BCUT2D eigenvalue weighted by molar-refractivity contribution is 6.02. The predicted molar refractivity (Wildman–Crippen MR) is 135 cm³/mol. The Morgan fingerprint density at radius 1 is 1.18 bits per heavy atom. The van der Waals surface area contributed by atoms with Crippen LogP contribution in [0.3, 0.4) is 0 Å². The van der Waals surface area contributed by atoms with E-state index >= 15 is 0 Å². The van der Waals surface area contributed by atoms with Crippen molar-refractivity contribution in [2.75, 3.05) is 31.2 Å². The molecule has 1 aliphatic rings. The standard InChI is InChI=1S/C23H35N3O6.2ClH/c1-2-31-23(30)17(11-7-5-3-4-6-10-14-24)25-18-16-32-20-13-9-8-12-19(20)26(22(18)29)15-21(27)28;;/h8-9,12-13,17-18,25H,2-7,10-11,14-16,24H2,1H3,(H,27,28);2*1H/t17-,18?;;/m0../s1. The first-order chi connectivity index (χ1) is 15.5. The van der Waals surface area contributed by atoms with Crippen LogP contribution in [0.1, 0.15) is 51.9 Å². The molecule has 0 aliphatic carbocycles. The van der Waals surface area contributed by atoms with Gasteiger partial charge in [-0.05, 0) is 38.4 Å². The Hall–Kier alpha value is -2.07. The number of carboxylic acid groups (broad SMARTS) is 1. The van der Waals surface area contributed by atoms with Gasteiger partial charge in [0, 0.05) is 0 Å². The van der Waals surface area contributed by atoms with Crippen LogP contribution in [0.15, 0.2) is 24.3 Å². The normalized spacial score (nSPS) is 15.6. The number of rotatable bonds is 14. The SMILES string of the molecule is CCOC(=O)[C@H](CCCCCCCCN)NC1COc2ccccc2N(CC(=O)O)C1=O.Cl.Cl. The van der Waals surface area contributed by atoms with Crippen molar-refractivity contribution in [1.82, 2.24) is 5.32 Å². The third kappa shape index (κ3) is 10.0. The number of halogens is 2. The summed E-state index contributed by atoms with van der Waals surface area (Å²) in [5.74, 6) is -1.58. The summed E-state index contributed by atoms with van der Waals surface area (Å²) < 4.78 is 11.0. The first kappa shape index (κ1) is 31.9. The summed E-state index contributed by atoms with van der Waals surface area (Å²) >= 11 is 0. The van der Waals surface area contributed by atoms with E-state index in [-0.39, 0.29) is 38.0 Å². The Morgan fingerprint density at radius 3 is 2.47 bits per heavy atom. The molecule has 0 saturated heterocycles. The number of carbonyl (C=O) groups excluding carboxylic acids is 2. The number of esters is 1. The number of amides is 1. The Balaban J connectivity index is 0.00000544. The third-order valence-electron chi connectivity index (χ3n) is 5.34. The van der Waals surface area contributed by atoms with Crippen molar-refractivity contribution in [1.29, 1.82) is 0 Å². The summed E-state index contributed by atoms with van der Waals surface area (Å²) in [6.07, 6.45) is 6.57. The van der Waals surface area contributed by atoms with E-state index in [4.69, 9.17) is 15.2 Å². The largest absolute Gasteiger partial charge is 0.489 e. The molecule has 9 nitrogen and oxygen atoms in total. The monoisotopic (exact) mass is 521 g/mol. The fourth-order valence-electron chi connectivity index (χ4n) is 3.73. The second-order valence-electron chi connectivity index (χ2n) is 7.82. The minimum absolute atomic E-state index is 0. The molecule has 4 N–H and O–H groups in total. The number of para-hydroxylation sites is 2. The smallest absolute Gasteiger partial charge is 0.323 e. The fraction of sp³-hybridized carbons (Fsp3) is 0.609. The van der Waals surface area contributed by atoms with Gasteiger partial charge < -0.3 is 20.3 Å². The second-order valence-corrected chi connectivity index (χ2v) is 7.82. The van der Waals surface area contributed by atoms with Crippen LogP contribution in [-0.4, -0.2) is 61.3 Å². The maximum Gasteiger partial charge on any atom is 0.323 e. The van der Waals surface area contributed by atoms with Crippen molar-refractivity contribution < 1.29 is 29.0 Å². The number of benzene rings is 1. The molecule has 34 heavy (non-hydrogen) atoms. The van der Waals surface area contributed by atoms with Crippen molar-refractivity contribution in [3.05, 3.63) is 24.3 Å². The molecule has 1 aliphatic heterocycles. The number of carbonyl (C=O) groups is 3. The van der Waals surface area contributed by atoms with Crippen LogP contribution in [0.2, 0.25) is 0 Å². The third-order valence-corrected chi connectivity index (χ3v) is 5.34. The average molecular weight is 522 g/mol. The lowest BCUT2D eigenvalue weighted by molar-refractivity contribution is -0.146. The van der Waals surface area contributed by atoms with Crippen LogP contribution in [-0.2, 0) is 19.1 Å². The van der Waals surface area contributed by atoms with Crippen LogP contribution in [0.5, 0.6) is 5.75 Å². The molecule has 0 bridgehead atoms. The van der Waals surface area contributed by atoms with Gasteiger partial charge in [-0.25, -0.2) is 0 Å². The van der Waals surface area contributed by atoms with Gasteiger partial charge in [0.15, 0.2) is 0 Å². The first-order valence-corrected chi connectivity index (χ1v) is 11.4. The molecule has 0 aromatic heterocycles. The topological polar surface area (TPSA) is 131 Å². The maximum atomic E-state index is 13.2. The van der Waals surface area contributed by atoms with E-state index in [2.05, 4.69) is 5.32 Å². The van der Waals surface area contributed by atoms with Crippen molar-refractivity contribution in [3.8, 4) is 5.75 Å². The molecular weight excluding hydrogens is 485 g/mol. The van der Waals surface area contributed by atoms with E-state index in [1.807, 2.05) is 0 Å². The van der Waals surface area contributed by atoms with Gasteiger partial charge in [-0.2, -0.15) is 0 Å². The predicted octanol–water partition coefficient (Wildman–Crippen LogP) is 2.92. The fourth-order valence-corrected chi connectivity index (χ4v) is 3.73. The Labute approximate surface area is 213 Å². The van der Waals surface area contributed by atoms with Gasteiger partial charge in [-0.15, -0.1) is 24.8 Å². The molecule has 1 aromatic rings. The number of nitrogens with zero attached hydrogens (tertiary/aromatic N) is 1. The van der Waals surface area contributed by atoms with Gasteiger partial charge in [-0.1, -0.05) is 44.2 Å². The van der Waals surface area contributed by atoms with Crippen LogP contribution in [0.25, 0.3) is 0 Å². The number of carboxylic acids is 1. The zero-order chi connectivity index (χ0) is 23.3. The lowest BCUT2D eigenvalue weighted by atomic mass is 10.0. The highest BCUT2D eigenvalue weighted by Crippen LogP contribution is 2.31. The minimum atomic E-state index is -1.13. The van der Waals surface area contributed by atoms with Gasteiger partial charge in [-0.3, -0.25) is 24.6 Å². The molecule has 1 amide bonds. The second kappa shape index (κ2) is 17.4. The summed E-state index contributed by atoms with van der Waals surface area (Å²) in [6, 6.07) is 5.25. The molecule has 0 radical (unpaired) electrons. The number of nitrogens with one attached hydrogen (secondary N) is 1. The van der Waals surface area contributed by atoms with Crippen LogP contribution >= 0.6 is 24.8 Å². The quantitative estimate of drug-likeness (QED) is 0.251. The number of hydrogen-bond acceptors (Lipinski definition) is 7. The van der Waals surface area contributed by atoms with Crippen LogP contribution in [0.4, 0.5) is 5.69 Å². The number of ether oxygens (including phenoxy) is 2. The summed E-state index contributed by atoms with van der Waals surface area (Å²) in [6.45, 7) is 2.17. The molecule has 0 spiro atoms. The lowest BCUT2D eigenvalue weighted by Gasteiger charge is -2.26. The molecule has 11 heteroatoms. The highest BCUT2D eigenvalue weighted by atomic mass is 35.5. The van der Waals surface area contributed by atoms with Crippen molar-refractivity contribution in [2.45, 2.75) is 64.0 Å². The molecule has 1 heterocycles. The van der Waals surface area contributed by atoms with E-state index < -0.39 is 36.5 Å². The van der Waals surface area contributed by atoms with Crippen molar-refractivity contribution in [2.24, 2.45) is 5.73 Å². The van der Waals surface area contributed by atoms with Gasteiger partial charge in [0.2, 0.25) is 5.91 Å². The number of unbranched alkanes of at least 4 members (excludes halogenated alkanes) is 5. The first-order valence-electron chi connectivity index (χ1n) is 11.4. The summed E-state index contributed by atoms with van der Waals surface area (Å²) in [7, 11) is 0. The highest BCUT2D eigenvalue weighted by Gasteiger charge is 2.35. The van der Waals surface area contributed by atoms with E-state index in [9.17, 15) is 19.5 Å². The van der Waals surface area contributed by atoms with Gasteiger partial charge in [0.25, 0.3) is 0 Å². The number of aliphatic carboxylic acids is 1. The summed E-state index contributed by atoms with van der Waals surface area (Å²) in [4.78, 5) is 38.3. The zero-order valence-corrected chi connectivity index (χ0v) is 21.2. The molecule has 1 unspecified atom stereocenters. The molecule has 0 saturated carbocycles. The maximum absolute atomic E-state index is 13.2. The minimum Gasteiger partial charge on any atom is -0.489 e. The lowest BCUT2D eigenvalue weighted by Crippen LogP contribution is -2.54. The molecular formula is C23H37Cl2N3O6. The average Bonchev–Trinajstić information content (AvgIpc) is 2.89. The zero-order valence-electron chi connectivity index (χ0n) is 19.6. The van der Waals surface area contributed by atoms with Crippen molar-refractivity contribution in [3.63, 3.8) is 0 Å². The van der Waals surface area contributed by atoms with Gasteiger partial charge in [0.1, 0.15) is 31.0 Å². The summed E-state index contributed by atoms with van der Waals surface area (Å²) in [5.41, 5.74) is 5.91. The molecule has 0 fully saturated rings.